The molecule has 0 spiro atoms. The molecule has 2 aromatic rings. The van der Waals surface area contributed by atoms with E-state index in [1.54, 1.807) is 26.4 Å². The van der Waals surface area contributed by atoms with Crippen LogP contribution in [0, 0.1) is 0 Å². The standard InChI is InChI=1S/C23H28N2O4S/c1-27-18-13-12-16(21(14-18)28-2)15-25(17-8-4-5-9-17)23(30)24-20-11-7-6-10-19(20)22(26)29-3/h6-7,10-14,17H,4-5,8-9,15H2,1-3H3,(H,24,30). The number of hydrogen-bond acceptors (Lipinski definition) is 5. The van der Waals surface area contributed by atoms with Gasteiger partial charge in [0.2, 0.25) is 0 Å². The minimum atomic E-state index is -0.398. The summed E-state index contributed by atoms with van der Waals surface area (Å²) >= 11 is 5.80. The smallest absolute Gasteiger partial charge is 0.339 e. The Labute approximate surface area is 183 Å². The Kier molecular flexibility index (Phi) is 7.52. The van der Waals surface area contributed by atoms with Crippen LogP contribution in [0.4, 0.5) is 5.69 Å². The van der Waals surface area contributed by atoms with Gasteiger partial charge in [0, 0.05) is 24.2 Å². The first kappa shape index (κ1) is 21.9. The number of esters is 1. The van der Waals surface area contributed by atoms with Gasteiger partial charge in [-0.2, -0.15) is 0 Å². The summed E-state index contributed by atoms with van der Waals surface area (Å²) in [6.45, 7) is 0.601. The maximum atomic E-state index is 12.1. The fourth-order valence-corrected chi connectivity index (χ4v) is 4.14. The monoisotopic (exact) mass is 428 g/mol. The second-order valence-electron chi connectivity index (χ2n) is 7.21. The second kappa shape index (κ2) is 10.3. The lowest BCUT2D eigenvalue weighted by Gasteiger charge is -2.32. The summed E-state index contributed by atoms with van der Waals surface area (Å²) < 4.78 is 15.8. The van der Waals surface area contributed by atoms with Crippen molar-refractivity contribution in [2.45, 2.75) is 38.3 Å². The van der Waals surface area contributed by atoms with Gasteiger partial charge < -0.3 is 24.4 Å². The summed E-state index contributed by atoms with van der Waals surface area (Å²) in [5.41, 5.74) is 2.12. The zero-order valence-electron chi connectivity index (χ0n) is 17.6. The predicted octanol–water partition coefficient (Wildman–Crippen LogP) is 4.63. The van der Waals surface area contributed by atoms with Gasteiger partial charge in [-0.1, -0.05) is 25.0 Å². The van der Waals surface area contributed by atoms with Crippen LogP contribution in [0.2, 0.25) is 0 Å². The first-order valence-corrected chi connectivity index (χ1v) is 10.4. The molecule has 0 saturated heterocycles. The third kappa shape index (κ3) is 5.02. The van der Waals surface area contributed by atoms with E-state index >= 15 is 0 Å². The van der Waals surface area contributed by atoms with Crippen LogP contribution < -0.4 is 14.8 Å². The molecule has 0 aromatic heterocycles. The Hall–Kier alpha value is -2.80. The number of nitrogens with one attached hydrogen (secondary N) is 1. The molecule has 3 rings (SSSR count). The number of para-hydroxylation sites is 1. The van der Waals surface area contributed by atoms with E-state index in [4.69, 9.17) is 26.4 Å². The van der Waals surface area contributed by atoms with E-state index in [2.05, 4.69) is 10.2 Å². The summed E-state index contributed by atoms with van der Waals surface area (Å²) in [6, 6.07) is 13.4. The SMILES string of the molecule is COC(=O)c1ccccc1NC(=S)N(Cc1ccc(OC)cc1OC)C1CCCC1. The van der Waals surface area contributed by atoms with Crippen molar-refractivity contribution in [2.24, 2.45) is 0 Å². The molecular weight excluding hydrogens is 400 g/mol. The zero-order chi connectivity index (χ0) is 21.5. The van der Waals surface area contributed by atoms with Crippen molar-refractivity contribution in [2.75, 3.05) is 26.6 Å². The molecule has 2 aromatic carbocycles. The van der Waals surface area contributed by atoms with Crippen LogP contribution in [0.1, 0.15) is 41.6 Å². The molecule has 30 heavy (non-hydrogen) atoms. The zero-order valence-corrected chi connectivity index (χ0v) is 18.5. The molecule has 0 radical (unpaired) electrons. The maximum absolute atomic E-state index is 12.1. The number of carbonyl (C=O) groups excluding carboxylic acids is 1. The topological polar surface area (TPSA) is 60.0 Å². The van der Waals surface area contributed by atoms with Gasteiger partial charge in [0.05, 0.1) is 32.6 Å². The molecule has 0 amide bonds. The van der Waals surface area contributed by atoms with Crippen molar-refractivity contribution in [3.63, 3.8) is 0 Å². The van der Waals surface area contributed by atoms with E-state index in [1.165, 1.54) is 20.0 Å². The highest BCUT2D eigenvalue weighted by atomic mass is 32.1. The number of carbonyl (C=O) groups is 1. The molecule has 0 heterocycles. The first-order valence-electron chi connectivity index (χ1n) is 10.0. The van der Waals surface area contributed by atoms with E-state index in [1.807, 2.05) is 30.3 Å². The minimum Gasteiger partial charge on any atom is -0.497 e. The van der Waals surface area contributed by atoms with Crippen LogP contribution in [0.5, 0.6) is 11.5 Å². The molecule has 0 aliphatic heterocycles. The maximum Gasteiger partial charge on any atom is 0.339 e. The Morgan fingerprint density at radius 3 is 2.50 bits per heavy atom. The molecular formula is C23H28N2O4S. The van der Waals surface area contributed by atoms with Crippen LogP contribution in [0.3, 0.4) is 0 Å². The van der Waals surface area contributed by atoms with Gasteiger partial charge >= 0.3 is 5.97 Å². The average Bonchev–Trinajstić information content (AvgIpc) is 3.31. The fraction of sp³-hybridized carbons (Fsp3) is 0.391. The van der Waals surface area contributed by atoms with Crippen molar-refractivity contribution in [1.82, 2.24) is 4.90 Å². The van der Waals surface area contributed by atoms with Crippen LogP contribution in [0.15, 0.2) is 42.5 Å². The lowest BCUT2D eigenvalue weighted by Crippen LogP contribution is -2.41. The third-order valence-corrected chi connectivity index (χ3v) is 5.77. The largest absolute Gasteiger partial charge is 0.497 e. The summed E-state index contributed by atoms with van der Waals surface area (Å²) in [5, 5.41) is 3.85. The third-order valence-electron chi connectivity index (χ3n) is 5.44. The van der Waals surface area contributed by atoms with Gasteiger partial charge in [-0.15, -0.1) is 0 Å². The summed E-state index contributed by atoms with van der Waals surface area (Å²) in [4.78, 5) is 14.3. The van der Waals surface area contributed by atoms with E-state index < -0.39 is 5.97 Å². The summed E-state index contributed by atoms with van der Waals surface area (Å²) in [7, 11) is 4.66. The Balaban J connectivity index is 1.86. The first-order chi connectivity index (χ1) is 14.6. The highest BCUT2D eigenvalue weighted by Gasteiger charge is 2.26. The van der Waals surface area contributed by atoms with Crippen molar-refractivity contribution < 1.29 is 19.0 Å². The number of ether oxygens (including phenoxy) is 3. The molecule has 1 fully saturated rings. The van der Waals surface area contributed by atoms with E-state index in [-0.39, 0.29) is 0 Å². The molecule has 1 aliphatic carbocycles. The molecule has 1 N–H and O–H groups in total. The number of hydrogen-bond donors (Lipinski definition) is 1. The molecule has 1 aliphatic rings. The van der Waals surface area contributed by atoms with Gasteiger partial charge in [-0.25, -0.2) is 4.79 Å². The lowest BCUT2D eigenvalue weighted by atomic mass is 10.1. The van der Waals surface area contributed by atoms with Gasteiger partial charge in [-0.3, -0.25) is 0 Å². The minimum absolute atomic E-state index is 0.335. The number of benzene rings is 2. The summed E-state index contributed by atoms with van der Waals surface area (Å²) in [5.74, 6) is 1.11. The number of nitrogens with zero attached hydrogens (tertiary/aromatic N) is 1. The summed E-state index contributed by atoms with van der Waals surface area (Å²) in [6.07, 6.45) is 4.53. The van der Waals surface area contributed by atoms with Gasteiger partial charge in [0.25, 0.3) is 0 Å². The number of methoxy groups -OCH3 is 3. The van der Waals surface area contributed by atoms with Crippen molar-refractivity contribution in [3.05, 3.63) is 53.6 Å². The predicted molar refractivity (Wildman–Crippen MR) is 121 cm³/mol. The molecule has 0 atom stereocenters. The quantitative estimate of drug-likeness (QED) is 0.509. The normalized spacial score (nSPS) is 13.6. The Morgan fingerprint density at radius 2 is 1.83 bits per heavy atom. The van der Waals surface area contributed by atoms with E-state index in [0.29, 0.717) is 28.9 Å². The molecule has 6 nitrogen and oxygen atoms in total. The average molecular weight is 429 g/mol. The molecule has 7 heteroatoms. The van der Waals surface area contributed by atoms with E-state index in [0.717, 1.165) is 29.9 Å². The molecule has 160 valence electrons. The Bertz CT molecular complexity index is 897. The molecule has 0 bridgehead atoms. The molecule has 1 saturated carbocycles. The second-order valence-corrected chi connectivity index (χ2v) is 7.60. The van der Waals surface area contributed by atoms with Gasteiger partial charge in [-0.05, 0) is 49.3 Å². The highest BCUT2D eigenvalue weighted by molar-refractivity contribution is 7.80. The van der Waals surface area contributed by atoms with Crippen LogP contribution >= 0.6 is 12.2 Å². The number of rotatable bonds is 7. The van der Waals surface area contributed by atoms with Crippen molar-refractivity contribution >= 4 is 29.0 Å². The van der Waals surface area contributed by atoms with Crippen LogP contribution in [-0.4, -0.2) is 43.4 Å². The number of anilines is 1. The lowest BCUT2D eigenvalue weighted by molar-refractivity contribution is 0.0602. The van der Waals surface area contributed by atoms with Crippen molar-refractivity contribution in [3.8, 4) is 11.5 Å². The van der Waals surface area contributed by atoms with Gasteiger partial charge in [0.15, 0.2) is 5.11 Å². The number of thiocarbonyl (C=S) groups is 1. The Morgan fingerprint density at radius 1 is 1.10 bits per heavy atom. The van der Waals surface area contributed by atoms with Crippen molar-refractivity contribution in [1.29, 1.82) is 0 Å². The van der Waals surface area contributed by atoms with E-state index in [9.17, 15) is 4.79 Å². The molecule has 0 unspecified atom stereocenters. The highest BCUT2D eigenvalue weighted by Crippen LogP contribution is 2.30. The van der Waals surface area contributed by atoms with Gasteiger partial charge in [0.1, 0.15) is 11.5 Å². The van der Waals surface area contributed by atoms with Crippen LogP contribution in [-0.2, 0) is 11.3 Å². The van der Waals surface area contributed by atoms with Crippen LogP contribution in [0.25, 0.3) is 0 Å². The fourth-order valence-electron chi connectivity index (χ4n) is 3.82.